The van der Waals surface area contributed by atoms with Crippen molar-refractivity contribution in [2.24, 2.45) is 0 Å². The second kappa shape index (κ2) is 6.46. The van der Waals surface area contributed by atoms with Gasteiger partial charge in [0.05, 0.1) is 16.2 Å². The van der Waals surface area contributed by atoms with E-state index in [1.54, 1.807) is 12.3 Å². The number of aromatic nitrogens is 2. The summed E-state index contributed by atoms with van der Waals surface area (Å²) in [7, 11) is 0. The molecule has 2 aromatic rings. The fourth-order valence-electron chi connectivity index (χ4n) is 2.99. The lowest BCUT2D eigenvalue weighted by Gasteiger charge is -2.38. The quantitative estimate of drug-likeness (QED) is 0.868. The van der Waals surface area contributed by atoms with Gasteiger partial charge in [0.1, 0.15) is 0 Å². The fourth-order valence-corrected chi connectivity index (χ4v) is 3.21. The summed E-state index contributed by atoms with van der Waals surface area (Å²) in [5.41, 5.74) is -1.19. The molecule has 2 heterocycles. The zero-order valence-electron chi connectivity index (χ0n) is 13.5. The van der Waals surface area contributed by atoms with Crippen molar-refractivity contribution in [1.82, 2.24) is 9.97 Å². The number of piperidine rings is 1. The summed E-state index contributed by atoms with van der Waals surface area (Å²) < 4.78 is 39.2. The van der Waals surface area contributed by atoms with Crippen LogP contribution in [-0.4, -0.2) is 28.2 Å². The van der Waals surface area contributed by atoms with Crippen molar-refractivity contribution >= 4 is 17.5 Å². The van der Waals surface area contributed by atoms with Gasteiger partial charge in [0.15, 0.2) is 0 Å². The molecular formula is C17H17ClF3N3O. The highest BCUT2D eigenvalue weighted by molar-refractivity contribution is 6.31. The third-order valence-electron chi connectivity index (χ3n) is 4.46. The zero-order valence-corrected chi connectivity index (χ0v) is 14.3. The van der Waals surface area contributed by atoms with Gasteiger partial charge >= 0.3 is 6.18 Å². The van der Waals surface area contributed by atoms with Crippen LogP contribution in [0.4, 0.5) is 19.1 Å². The molecule has 1 aromatic heterocycles. The van der Waals surface area contributed by atoms with E-state index in [2.05, 4.69) is 9.97 Å². The van der Waals surface area contributed by atoms with Crippen LogP contribution in [0, 0.1) is 6.92 Å². The Morgan fingerprint density at radius 2 is 1.88 bits per heavy atom. The number of alkyl halides is 3. The molecule has 25 heavy (non-hydrogen) atoms. The minimum absolute atomic E-state index is 0.231. The number of halogens is 4. The van der Waals surface area contributed by atoms with E-state index < -0.39 is 17.3 Å². The predicted octanol–water partition coefficient (Wildman–Crippen LogP) is 3.95. The lowest BCUT2D eigenvalue weighted by atomic mass is 9.84. The average molecular weight is 372 g/mol. The van der Waals surface area contributed by atoms with E-state index in [1.165, 1.54) is 12.1 Å². The molecule has 1 N–H and O–H groups in total. The third kappa shape index (κ3) is 3.72. The second-order valence-electron chi connectivity index (χ2n) is 6.21. The molecule has 134 valence electrons. The number of hydrogen-bond acceptors (Lipinski definition) is 4. The van der Waals surface area contributed by atoms with Gasteiger partial charge in [0.2, 0.25) is 5.95 Å². The van der Waals surface area contributed by atoms with E-state index in [-0.39, 0.29) is 23.4 Å². The molecule has 0 atom stereocenters. The Kier molecular flexibility index (Phi) is 4.64. The normalized spacial score (nSPS) is 17.6. The number of hydrogen-bond donors (Lipinski definition) is 1. The highest BCUT2D eigenvalue weighted by Crippen LogP contribution is 2.40. The molecule has 1 aliphatic heterocycles. The highest BCUT2D eigenvalue weighted by atomic mass is 35.5. The molecule has 0 radical (unpaired) electrons. The molecule has 0 saturated carbocycles. The van der Waals surface area contributed by atoms with Crippen LogP contribution in [0.2, 0.25) is 5.02 Å². The molecule has 1 saturated heterocycles. The molecule has 1 aliphatic rings. The van der Waals surface area contributed by atoms with Gasteiger partial charge in [-0.15, -0.1) is 0 Å². The smallest absolute Gasteiger partial charge is 0.385 e. The second-order valence-corrected chi connectivity index (χ2v) is 6.62. The Morgan fingerprint density at radius 3 is 2.48 bits per heavy atom. The van der Waals surface area contributed by atoms with Crippen molar-refractivity contribution in [3.05, 3.63) is 52.3 Å². The maximum Gasteiger partial charge on any atom is 0.417 e. The first kappa shape index (κ1) is 17.9. The maximum atomic E-state index is 13.1. The molecule has 0 bridgehead atoms. The lowest BCUT2D eigenvalue weighted by Crippen LogP contribution is -2.43. The van der Waals surface area contributed by atoms with Crippen molar-refractivity contribution in [2.75, 3.05) is 18.0 Å². The van der Waals surface area contributed by atoms with E-state index in [1.807, 2.05) is 11.8 Å². The van der Waals surface area contributed by atoms with Crippen LogP contribution in [0.25, 0.3) is 0 Å². The number of aryl methyl sites for hydroxylation is 1. The lowest BCUT2D eigenvalue weighted by molar-refractivity contribution is -0.137. The highest BCUT2D eigenvalue weighted by Gasteiger charge is 2.38. The molecule has 1 fully saturated rings. The van der Waals surface area contributed by atoms with E-state index in [9.17, 15) is 18.3 Å². The summed E-state index contributed by atoms with van der Waals surface area (Å²) in [6.07, 6.45) is -2.33. The number of nitrogens with zero attached hydrogens (tertiary/aromatic N) is 3. The van der Waals surface area contributed by atoms with Gasteiger partial charge in [-0.3, -0.25) is 0 Å². The van der Waals surface area contributed by atoms with Gasteiger partial charge in [0, 0.05) is 25.0 Å². The van der Waals surface area contributed by atoms with Crippen LogP contribution in [0.5, 0.6) is 0 Å². The Balaban J connectivity index is 1.81. The van der Waals surface area contributed by atoms with Crippen molar-refractivity contribution in [3.8, 4) is 0 Å². The first-order valence-electron chi connectivity index (χ1n) is 7.83. The Morgan fingerprint density at radius 1 is 1.20 bits per heavy atom. The average Bonchev–Trinajstić information content (AvgIpc) is 2.54. The fraction of sp³-hybridized carbons (Fsp3) is 0.412. The Labute approximate surface area is 148 Å². The Hall–Kier alpha value is -1.86. The van der Waals surface area contributed by atoms with Crippen molar-refractivity contribution < 1.29 is 18.3 Å². The molecule has 8 heteroatoms. The van der Waals surface area contributed by atoms with Crippen LogP contribution in [-0.2, 0) is 11.8 Å². The Bertz CT molecular complexity index is 774. The van der Waals surface area contributed by atoms with Crippen LogP contribution >= 0.6 is 11.6 Å². The number of aliphatic hydroxyl groups is 1. The van der Waals surface area contributed by atoms with Crippen molar-refractivity contribution in [2.45, 2.75) is 31.5 Å². The monoisotopic (exact) mass is 371 g/mol. The van der Waals surface area contributed by atoms with Gasteiger partial charge in [0.25, 0.3) is 0 Å². The van der Waals surface area contributed by atoms with Crippen LogP contribution in [0.3, 0.4) is 0 Å². The first-order valence-corrected chi connectivity index (χ1v) is 8.21. The maximum absolute atomic E-state index is 13.1. The molecule has 1 aromatic carbocycles. The minimum atomic E-state index is -4.56. The van der Waals surface area contributed by atoms with Gasteiger partial charge in [-0.25, -0.2) is 9.97 Å². The van der Waals surface area contributed by atoms with Crippen molar-refractivity contribution in [1.29, 1.82) is 0 Å². The molecule has 0 amide bonds. The number of benzene rings is 1. The number of anilines is 1. The first-order chi connectivity index (χ1) is 11.7. The van der Waals surface area contributed by atoms with E-state index in [0.717, 1.165) is 11.8 Å². The molecule has 0 unspecified atom stereocenters. The summed E-state index contributed by atoms with van der Waals surface area (Å²) in [5.74, 6) is 0.564. The standard InChI is InChI=1S/C17H17ClF3N3O/c1-11-4-7-22-15(23-11)24-8-5-16(25,6-9-24)12-2-3-14(18)13(10-12)17(19,20)21/h2-4,7,10,25H,5-6,8-9H2,1H3. The summed E-state index contributed by atoms with van der Waals surface area (Å²) >= 11 is 5.66. The summed E-state index contributed by atoms with van der Waals surface area (Å²) in [6.45, 7) is 2.76. The topological polar surface area (TPSA) is 49.2 Å². The predicted molar refractivity (Wildman–Crippen MR) is 88.6 cm³/mol. The van der Waals surface area contributed by atoms with Crippen LogP contribution < -0.4 is 4.90 Å². The van der Waals surface area contributed by atoms with Gasteiger partial charge < -0.3 is 10.0 Å². The molecule has 0 aliphatic carbocycles. The van der Waals surface area contributed by atoms with Crippen LogP contribution in [0.15, 0.2) is 30.5 Å². The molecule has 4 nitrogen and oxygen atoms in total. The SMILES string of the molecule is Cc1ccnc(N2CCC(O)(c3ccc(Cl)c(C(F)(F)F)c3)CC2)n1. The van der Waals surface area contributed by atoms with Gasteiger partial charge in [-0.05, 0) is 43.5 Å². The molecular weight excluding hydrogens is 355 g/mol. The largest absolute Gasteiger partial charge is 0.417 e. The summed E-state index contributed by atoms with van der Waals surface area (Å²) in [5, 5.41) is 10.5. The molecule has 0 spiro atoms. The minimum Gasteiger partial charge on any atom is -0.385 e. The van der Waals surface area contributed by atoms with Gasteiger partial charge in [-0.1, -0.05) is 17.7 Å². The van der Waals surface area contributed by atoms with Crippen LogP contribution in [0.1, 0.15) is 29.7 Å². The summed E-state index contributed by atoms with van der Waals surface area (Å²) in [4.78, 5) is 10.5. The molecule has 3 rings (SSSR count). The van der Waals surface area contributed by atoms with Gasteiger partial charge in [-0.2, -0.15) is 13.2 Å². The van der Waals surface area contributed by atoms with E-state index >= 15 is 0 Å². The summed E-state index contributed by atoms with van der Waals surface area (Å²) in [6, 6.07) is 5.38. The van der Waals surface area contributed by atoms with E-state index in [0.29, 0.717) is 19.0 Å². The van der Waals surface area contributed by atoms with E-state index in [4.69, 9.17) is 11.6 Å². The van der Waals surface area contributed by atoms with Crippen molar-refractivity contribution in [3.63, 3.8) is 0 Å². The third-order valence-corrected chi connectivity index (χ3v) is 4.79. The zero-order chi connectivity index (χ0) is 18.2. The number of rotatable bonds is 2.